The van der Waals surface area contributed by atoms with Crippen molar-refractivity contribution in [1.29, 1.82) is 0 Å². The number of fused-ring (bicyclic) bond motifs is 1. The molecule has 0 nitrogen and oxygen atoms in total. The molecule has 0 aliphatic heterocycles. The van der Waals surface area contributed by atoms with E-state index in [4.69, 9.17) is 0 Å². The molecule has 0 heterocycles. The Labute approximate surface area is 91.0 Å². The average Bonchev–Trinajstić information content (AvgIpc) is 2.60. The van der Waals surface area contributed by atoms with E-state index in [1.165, 1.54) is 32.1 Å². The summed E-state index contributed by atoms with van der Waals surface area (Å²) in [5.74, 6) is 4.07. The normalized spacial score (nSPS) is 37.8. The van der Waals surface area contributed by atoms with Crippen LogP contribution in [0.1, 0.15) is 46.0 Å². The van der Waals surface area contributed by atoms with Crippen molar-refractivity contribution in [2.24, 2.45) is 23.7 Å². The number of rotatable bonds is 2. The first-order valence-electron chi connectivity index (χ1n) is 6.51. The van der Waals surface area contributed by atoms with Crippen LogP contribution >= 0.6 is 0 Å². The topological polar surface area (TPSA) is 0 Å². The molecule has 2 unspecified atom stereocenters. The van der Waals surface area contributed by atoms with Gasteiger partial charge < -0.3 is 0 Å². The van der Waals surface area contributed by atoms with Gasteiger partial charge in [0.1, 0.15) is 0 Å². The Balaban J connectivity index is 2.01. The zero-order valence-corrected chi connectivity index (χ0v) is 10.3. The van der Waals surface area contributed by atoms with E-state index < -0.39 is 0 Å². The predicted octanol–water partition coefficient (Wildman–Crippen LogP) is 1.85. The predicted molar refractivity (Wildman–Crippen MR) is 68.2 cm³/mol. The summed E-state index contributed by atoms with van der Waals surface area (Å²) in [6.07, 6.45) is 7.67. The van der Waals surface area contributed by atoms with Crippen molar-refractivity contribution >= 4 is 15.7 Å². The smallest absolute Gasteiger partial charge is 0.0796 e. The van der Waals surface area contributed by atoms with Gasteiger partial charge >= 0.3 is 0 Å². The van der Waals surface area contributed by atoms with Crippen LogP contribution in [0.4, 0.5) is 0 Å². The van der Waals surface area contributed by atoms with Gasteiger partial charge in [0.15, 0.2) is 0 Å². The third kappa shape index (κ3) is 1.66. The maximum absolute atomic E-state index is 2.49. The second kappa shape index (κ2) is 3.61. The van der Waals surface area contributed by atoms with E-state index in [2.05, 4.69) is 29.5 Å². The van der Waals surface area contributed by atoms with E-state index in [-0.39, 0.29) is 0 Å². The van der Waals surface area contributed by atoms with E-state index in [1.807, 2.05) is 0 Å². The fourth-order valence-corrected chi connectivity index (χ4v) is 3.64. The molecule has 2 aliphatic rings. The van der Waals surface area contributed by atoms with E-state index in [9.17, 15) is 0 Å². The maximum Gasteiger partial charge on any atom is 0.0998 e. The minimum Gasteiger partial charge on any atom is -0.0796 e. The highest BCUT2D eigenvalue weighted by Crippen LogP contribution is 2.54. The lowest BCUT2D eigenvalue weighted by Crippen LogP contribution is -2.28. The van der Waals surface area contributed by atoms with E-state index in [0.717, 1.165) is 23.7 Å². The Morgan fingerprint density at radius 2 is 1.57 bits per heavy atom. The molecule has 2 heteroatoms. The molecule has 0 amide bonds. The van der Waals surface area contributed by atoms with Gasteiger partial charge in [-0.05, 0) is 30.6 Å². The summed E-state index contributed by atoms with van der Waals surface area (Å²) in [4.78, 5) is 0. The van der Waals surface area contributed by atoms with Crippen LogP contribution < -0.4 is 0 Å². The van der Waals surface area contributed by atoms with Crippen LogP contribution in [0.15, 0.2) is 0 Å². The van der Waals surface area contributed by atoms with Crippen LogP contribution in [0, 0.1) is 23.7 Å². The SMILES string of the molecule is BC(B)(C(C)C)C1CC2CCCC2C1. The highest BCUT2D eigenvalue weighted by Gasteiger charge is 2.43. The highest BCUT2D eigenvalue weighted by molar-refractivity contribution is 6.40. The van der Waals surface area contributed by atoms with Crippen molar-refractivity contribution in [3.05, 3.63) is 0 Å². The van der Waals surface area contributed by atoms with Crippen molar-refractivity contribution in [1.82, 2.24) is 0 Å². The highest BCUT2D eigenvalue weighted by atomic mass is 14.5. The minimum absolute atomic E-state index is 0.574. The monoisotopic (exact) mass is 190 g/mol. The second-order valence-electron chi connectivity index (χ2n) is 6.60. The van der Waals surface area contributed by atoms with Gasteiger partial charge in [-0.15, -0.1) is 0 Å². The molecule has 2 fully saturated rings. The molecule has 0 aromatic heterocycles. The second-order valence-corrected chi connectivity index (χ2v) is 6.60. The molecule has 14 heavy (non-hydrogen) atoms. The van der Waals surface area contributed by atoms with Gasteiger partial charge in [0, 0.05) is 0 Å². The molecule has 0 radical (unpaired) electrons. The molecule has 0 aromatic rings. The van der Waals surface area contributed by atoms with Gasteiger partial charge in [-0.3, -0.25) is 0 Å². The zero-order valence-electron chi connectivity index (χ0n) is 10.3. The Hall–Kier alpha value is 0.130. The minimum atomic E-state index is 0.574. The molecule has 0 saturated heterocycles. The average molecular weight is 190 g/mol. The molecule has 2 saturated carbocycles. The van der Waals surface area contributed by atoms with Crippen molar-refractivity contribution in [2.45, 2.75) is 51.2 Å². The summed E-state index contributed by atoms with van der Waals surface area (Å²) in [6.45, 7) is 4.79. The van der Waals surface area contributed by atoms with Crippen LogP contribution in [-0.4, -0.2) is 15.7 Å². The van der Waals surface area contributed by atoms with Crippen LogP contribution in [0.3, 0.4) is 0 Å². The number of hydrogen-bond donors (Lipinski definition) is 0. The standard InChI is InChI=1S/C12H24B2/c1-8(2)12(13,14)11-6-9-4-3-5-10(9)7-11/h8-11H,3-7,13-14H2,1-2H3. The molecule has 0 spiro atoms. The molecule has 0 bridgehead atoms. The Morgan fingerprint density at radius 1 is 1.07 bits per heavy atom. The van der Waals surface area contributed by atoms with Crippen LogP contribution in [-0.2, 0) is 0 Å². The summed E-state index contributed by atoms with van der Waals surface area (Å²) in [5, 5.41) is 0.574. The molecular formula is C12H24B2. The van der Waals surface area contributed by atoms with Crippen molar-refractivity contribution in [3.63, 3.8) is 0 Å². The molecule has 78 valence electrons. The number of hydrogen-bond acceptors (Lipinski definition) is 0. The van der Waals surface area contributed by atoms with Crippen molar-refractivity contribution in [2.75, 3.05) is 0 Å². The lowest BCUT2D eigenvalue weighted by molar-refractivity contribution is 0.354. The maximum atomic E-state index is 2.49. The lowest BCUT2D eigenvalue weighted by atomic mass is 9.43. The summed E-state index contributed by atoms with van der Waals surface area (Å²) in [7, 11) is 4.98. The molecular weight excluding hydrogens is 166 g/mol. The van der Waals surface area contributed by atoms with Crippen molar-refractivity contribution in [3.8, 4) is 0 Å². The van der Waals surface area contributed by atoms with Gasteiger partial charge in [-0.1, -0.05) is 44.2 Å². The van der Waals surface area contributed by atoms with Crippen LogP contribution in [0.2, 0.25) is 5.21 Å². The van der Waals surface area contributed by atoms with Crippen LogP contribution in [0.25, 0.3) is 0 Å². The Kier molecular flexibility index (Phi) is 2.74. The molecule has 2 aliphatic carbocycles. The Morgan fingerprint density at radius 3 is 2.00 bits per heavy atom. The third-order valence-corrected chi connectivity index (χ3v) is 5.53. The van der Waals surface area contributed by atoms with Gasteiger partial charge in [-0.25, -0.2) is 0 Å². The van der Waals surface area contributed by atoms with Gasteiger partial charge in [-0.2, -0.15) is 0 Å². The van der Waals surface area contributed by atoms with Crippen LogP contribution in [0.5, 0.6) is 0 Å². The largest absolute Gasteiger partial charge is 0.0998 e. The van der Waals surface area contributed by atoms with Gasteiger partial charge in [0.2, 0.25) is 0 Å². The van der Waals surface area contributed by atoms with E-state index in [1.54, 1.807) is 0 Å². The van der Waals surface area contributed by atoms with E-state index >= 15 is 0 Å². The molecule has 2 atom stereocenters. The summed E-state index contributed by atoms with van der Waals surface area (Å²) >= 11 is 0. The summed E-state index contributed by atoms with van der Waals surface area (Å²) < 4.78 is 0. The quantitative estimate of drug-likeness (QED) is 0.582. The molecule has 2 rings (SSSR count). The van der Waals surface area contributed by atoms with Crippen molar-refractivity contribution < 1.29 is 0 Å². The molecule has 0 N–H and O–H groups in total. The third-order valence-electron chi connectivity index (χ3n) is 5.53. The fraction of sp³-hybridized carbons (Fsp3) is 1.00. The lowest BCUT2D eigenvalue weighted by Gasteiger charge is -2.36. The molecule has 0 aromatic carbocycles. The first-order valence-corrected chi connectivity index (χ1v) is 6.51. The fourth-order valence-electron chi connectivity index (χ4n) is 3.64. The van der Waals surface area contributed by atoms with Gasteiger partial charge in [0.25, 0.3) is 0 Å². The van der Waals surface area contributed by atoms with E-state index in [0.29, 0.717) is 5.21 Å². The first kappa shape index (κ1) is 10.6. The first-order chi connectivity index (χ1) is 6.51. The summed E-state index contributed by atoms with van der Waals surface area (Å²) in [5.41, 5.74) is 0. The van der Waals surface area contributed by atoms with Gasteiger partial charge in [0.05, 0.1) is 15.7 Å². The summed E-state index contributed by atoms with van der Waals surface area (Å²) in [6, 6.07) is 0. The Bertz CT molecular complexity index is 198. The zero-order chi connectivity index (χ0) is 10.3.